The summed E-state index contributed by atoms with van der Waals surface area (Å²) in [6.45, 7) is 5.25. The van der Waals surface area contributed by atoms with E-state index >= 15 is 0 Å². The van der Waals surface area contributed by atoms with E-state index in [1.807, 2.05) is 18.2 Å². The highest BCUT2D eigenvalue weighted by Crippen LogP contribution is 2.14. The molecule has 1 unspecified atom stereocenters. The van der Waals surface area contributed by atoms with Crippen molar-refractivity contribution in [1.82, 2.24) is 15.5 Å². The van der Waals surface area contributed by atoms with Gasteiger partial charge in [-0.2, -0.15) is 5.10 Å². The Balaban J connectivity index is 2.08. The number of ether oxygens (including phenoxy) is 1. The van der Waals surface area contributed by atoms with Gasteiger partial charge in [-0.25, -0.2) is 4.79 Å². The maximum Gasteiger partial charge on any atom is 0.408 e. The Kier molecular flexibility index (Phi) is 4.35. The molecule has 1 aromatic heterocycles. The first-order valence-electron chi connectivity index (χ1n) is 6.95. The van der Waals surface area contributed by atoms with E-state index in [4.69, 9.17) is 10.5 Å². The van der Waals surface area contributed by atoms with Gasteiger partial charge in [0.1, 0.15) is 11.6 Å². The third kappa shape index (κ3) is 4.21. The van der Waals surface area contributed by atoms with E-state index in [1.165, 1.54) is 0 Å². The molecular formula is C15H20N4O3. The zero-order valence-electron chi connectivity index (χ0n) is 12.8. The number of aromatic amines is 1. The second-order valence-electron chi connectivity index (χ2n) is 6.10. The van der Waals surface area contributed by atoms with E-state index in [1.54, 1.807) is 27.0 Å². The smallest absolute Gasteiger partial charge is 0.408 e. The molecule has 2 amide bonds. The second-order valence-corrected chi connectivity index (χ2v) is 6.10. The van der Waals surface area contributed by atoms with E-state index in [2.05, 4.69) is 15.5 Å². The van der Waals surface area contributed by atoms with Crippen molar-refractivity contribution in [3.8, 4) is 0 Å². The molecule has 2 rings (SSSR count). The third-order valence-electron chi connectivity index (χ3n) is 2.98. The molecule has 0 radical (unpaired) electrons. The molecule has 7 heteroatoms. The number of rotatable bonds is 4. The number of nitrogens with two attached hydrogens (primary N) is 1. The molecule has 22 heavy (non-hydrogen) atoms. The van der Waals surface area contributed by atoms with Crippen LogP contribution < -0.4 is 11.1 Å². The SMILES string of the molecule is CC(C)(C)OC(=O)NC(Cc1ccc2[nH]ncc2c1)C(N)=O. The van der Waals surface area contributed by atoms with Gasteiger partial charge in [-0.3, -0.25) is 9.89 Å². The highest BCUT2D eigenvalue weighted by atomic mass is 16.6. The summed E-state index contributed by atoms with van der Waals surface area (Å²) in [7, 11) is 0. The van der Waals surface area contributed by atoms with Crippen molar-refractivity contribution in [2.75, 3.05) is 0 Å². The van der Waals surface area contributed by atoms with Crippen LogP contribution in [0.1, 0.15) is 26.3 Å². The lowest BCUT2D eigenvalue weighted by molar-refractivity contribution is -0.120. The van der Waals surface area contributed by atoms with Gasteiger partial charge < -0.3 is 15.8 Å². The molecule has 0 saturated heterocycles. The van der Waals surface area contributed by atoms with Crippen molar-refractivity contribution < 1.29 is 14.3 Å². The largest absolute Gasteiger partial charge is 0.444 e. The molecule has 118 valence electrons. The monoisotopic (exact) mass is 304 g/mol. The van der Waals surface area contributed by atoms with Crippen molar-refractivity contribution in [2.45, 2.75) is 38.8 Å². The van der Waals surface area contributed by atoms with Crippen LogP contribution in [0.4, 0.5) is 4.79 Å². The standard InChI is InChI=1S/C15H20N4O3/c1-15(2,3)22-14(21)18-12(13(16)20)7-9-4-5-11-10(6-9)8-17-19-11/h4-6,8,12H,7H2,1-3H3,(H2,16,20)(H,17,19)(H,18,21). The molecular weight excluding hydrogens is 284 g/mol. The topological polar surface area (TPSA) is 110 Å². The van der Waals surface area contributed by atoms with E-state index in [0.29, 0.717) is 0 Å². The van der Waals surface area contributed by atoms with Crippen LogP contribution in [0.25, 0.3) is 10.9 Å². The zero-order valence-corrected chi connectivity index (χ0v) is 12.8. The number of amides is 2. The lowest BCUT2D eigenvalue weighted by Crippen LogP contribution is -2.47. The van der Waals surface area contributed by atoms with Gasteiger partial charge >= 0.3 is 6.09 Å². The number of nitrogens with zero attached hydrogens (tertiary/aromatic N) is 1. The molecule has 4 N–H and O–H groups in total. The average molecular weight is 304 g/mol. The number of hydrogen-bond donors (Lipinski definition) is 3. The molecule has 0 fully saturated rings. The Labute approximate surface area is 128 Å². The minimum atomic E-state index is -0.834. The number of H-pyrrole nitrogens is 1. The summed E-state index contributed by atoms with van der Waals surface area (Å²) >= 11 is 0. The van der Waals surface area contributed by atoms with Gasteiger partial charge in [-0.05, 0) is 38.5 Å². The fraction of sp³-hybridized carbons (Fsp3) is 0.400. The van der Waals surface area contributed by atoms with Crippen molar-refractivity contribution in [3.05, 3.63) is 30.0 Å². The zero-order chi connectivity index (χ0) is 16.3. The summed E-state index contributed by atoms with van der Waals surface area (Å²) in [5.41, 5.74) is 6.50. The van der Waals surface area contributed by atoms with E-state index in [9.17, 15) is 9.59 Å². The van der Waals surface area contributed by atoms with Crippen LogP contribution in [0.2, 0.25) is 0 Å². The summed E-state index contributed by atoms with van der Waals surface area (Å²) in [4.78, 5) is 23.3. The van der Waals surface area contributed by atoms with Crippen molar-refractivity contribution in [3.63, 3.8) is 0 Å². The lowest BCUT2D eigenvalue weighted by Gasteiger charge is -2.22. The summed E-state index contributed by atoms with van der Waals surface area (Å²) in [6, 6.07) is 4.78. The average Bonchev–Trinajstić information content (AvgIpc) is 2.82. The van der Waals surface area contributed by atoms with Crippen LogP contribution in [0.15, 0.2) is 24.4 Å². The molecule has 1 aromatic carbocycles. The highest BCUT2D eigenvalue weighted by molar-refractivity contribution is 5.85. The van der Waals surface area contributed by atoms with Gasteiger partial charge in [0, 0.05) is 11.8 Å². The highest BCUT2D eigenvalue weighted by Gasteiger charge is 2.23. The first-order chi connectivity index (χ1) is 10.2. The molecule has 1 atom stereocenters. The van der Waals surface area contributed by atoms with Crippen LogP contribution in [0.3, 0.4) is 0 Å². The maximum absolute atomic E-state index is 11.8. The molecule has 0 spiro atoms. The number of carbonyl (C=O) groups is 2. The Morgan fingerprint density at radius 1 is 1.41 bits per heavy atom. The predicted octanol–water partition coefficient (Wildman–Crippen LogP) is 1.48. The number of carbonyl (C=O) groups excluding carboxylic acids is 2. The van der Waals surface area contributed by atoms with Crippen LogP contribution >= 0.6 is 0 Å². The van der Waals surface area contributed by atoms with Gasteiger partial charge in [0.2, 0.25) is 5.91 Å². The van der Waals surface area contributed by atoms with Crippen LogP contribution in [-0.4, -0.2) is 33.8 Å². The minimum absolute atomic E-state index is 0.287. The fourth-order valence-corrected chi connectivity index (χ4v) is 2.03. The summed E-state index contributed by atoms with van der Waals surface area (Å²) in [6.07, 6.45) is 1.32. The Bertz CT molecular complexity index is 687. The number of aromatic nitrogens is 2. The Morgan fingerprint density at radius 2 is 2.14 bits per heavy atom. The van der Waals surface area contributed by atoms with Crippen molar-refractivity contribution in [1.29, 1.82) is 0 Å². The van der Waals surface area contributed by atoms with E-state index < -0.39 is 23.6 Å². The van der Waals surface area contributed by atoms with Crippen molar-refractivity contribution in [2.24, 2.45) is 5.73 Å². The Hall–Kier alpha value is -2.57. The third-order valence-corrected chi connectivity index (χ3v) is 2.98. The number of primary amides is 1. The number of nitrogens with one attached hydrogen (secondary N) is 2. The second kappa shape index (κ2) is 6.05. The first kappa shape index (κ1) is 15.8. The Morgan fingerprint density at radius 3 is 2.77 bits per heavy atom. The summed E-state index contributed by atoms with van der Waals surface area (Å²) in [5.74, 6) is -0.613. The number of fused-ring (bicyclic) bond motifs is 1. The van der Waals surface area contributed by atoms with Crippen LogP contribution in [0.5, 0.6) is 0 Å². The van der Waals surface area contributed by atoms with E-state index in [-0.39, 0.29) is 6.42 Å². The minimum Gasteiger partial charge on any atom is -0.444 e. The maximum atomic E-state index is 11.8. The summed E-state index contributed by atoms with van der Waals surface area (Å²) in [5, 5.41) is 10.2. The van der Waals surface area contributed by atoms with Gasteiger partial charge in [-0.15, -0.1) is 0 Å². The number of alkyl carbamates (subject to hydrolysis) is 1. The number of benzene rings is 1. The molecule has 7 nitrogen and oxygen atoms in total. The number of hydrogen-bond acceptors (Lipinski definition) is 4. The van der Waals surface area contributed by atoms with Gasteiger partial charge in [0.05, 0.1) is 11.7 Å². The molecule has 1 heterocycles. The molecule has 0 aliphatic heterocycles. The normalized spacial score (nSPS) is 12.9. The van der Waals surface area contributed by atoms with Gasteiger partial charge in [0.15, 0.2) is 0 Å². The van der Waals surface area contributed by atoms with Crippen LogP contribution in [-0.2, 0) is 16.0 Å². The molecule has 0 aliphatic carbocycles. The van der Waals surface area contributed by atoms with Gasteiger partial charge in [0.25, 0.3) is 0 Å². The van der Waals surface area contributed by atoms with Gasteiger partial charge in [-0.1, -0.05) is 6.07 Å². The molecule has 0 saturated carbocycles. The molecule has 0 aliphatic rings. The summed E-state index contributed by atoms with van der Waals surface area (Å²) < 4.78 is 5.14. The molecule has 2 aromatic rings. The fourth-order valence-electron chi connectivity index (χ4n) is 2.03. The predicted molar refractivity (Wildman–Crippen MR) is 82.1 cm³/mol. The quantitative estimate of drug-likeness (QED) is 0.794. The lowest BCUT2D eigenvalue weighted by atomic mass is 10.0. The van der Waals surface area contributed by atoms with E-state index in [0.717, 1.165) is 16.5 Å². The van der Waals surface area contributed by atoms with Crippen molar-refractivity contribution >= 4 is 22.9 Å². The van der Waals surface area contributed by atoms with Crippen LogP contribution in [0, 0.1) is 0 Å². The first-order valence-corrected chi connectivity index (χ1v) is 6.95. The molecule has 0 bridgehead atoms.